The van der Waals surface area contributed by atoms with Crippen molar-refractivity contribution in [3.05, 3.63) is 36.0 Å². The van der Waals surface area contributed by atoms with Crippen LogP contribution < -0.4 is 0 Å². The second-order valence-corrected chi connectivity index (χ2v) is 13.4. The van der Waals surface area contributed by atoms with E-state index in [4.69, 9.17) is 0 Å². The third kappa shape index (κ3) is 4.17. The molecule has 0 unspecified atom stereocenters. The van der Waals surface area contributed by atoms with Gasteiger partial charge in [-0.05, 0) is 6.07 Å². The van der Waals surface area contributed by atoms with Gasteiger partial charge in [0.1, 0.15) is 6.54 Å². The highest BCUT2D eigenvalue weighted by Crippen LogP contribution is 2.61. The second-order valence-electron chi connectivity index (χ2n) is 9.62. The fraction of sp³-hybridized carbons (Fsp3) is 0.600. The minimum atomic E-state index is -0.349. The first-order valence-electron chi connectivity index (χ1n) is 8.51. The van der Waals surface area contributed by atoms with Gasteiger partial charge in [0.15, 0.2) is 0 Å². The lowest BCUT2D eigenvalue weighted by Crippen LogP contribution is -2.33. The van der Waals surface area contributed by atoms with Gasteiger partial charge in [-0.1, -0.05) is 59.7 Å². The zero-order chi connectivity index (χ0) is 17.6. The van der Waals surface area contributed by atoms with Crippen molar-refractivity contribution in [1.82, 2.24) is 4.34 Å². The minimum Gasteiger partial charge on any atom is -0.327 e. The summed E-state index contributed by atoms with van der Waals surface area (Å²) in [7, 11) is 6.45. The fourth-order valence-electron chi connectivity index (χ4n) is 3.69. The van der Waals surface area contributed by atoms with E-state index < -0.39 is 0 Å². The predicted molar refractivity (Wildman–Crippen MR) is 105 cm³/mol. The number of hydrogen-bond donors (Lipinski definition) is 0. The SMILES string of the molecule is CC(C)(C)P(n1cc(C[N+](C)(C)C)c2ccccc21)C(C)(C)C. The van der Waals surface area contributed by atoms with E-state index in [0.717, 1.165) is 11.0 Å². The molecular formula is C20H34N2P+. The number of hydrogen-bond acceptors (Lipinski definition) is 0. The molecule has 0 saturated carbocycles. The smallest absolute Gasteiger partial charge is 0.106 e. The average Bonchev–Trinajstić information content (AvgIpc) is 2.63. The zero-order valence-electron chi connectivity index (χ0n) is 16.4. The Labute approximate surface area is 143 Å². The van der Waals surface area contributed by atoms with E-state index in [1.165, 1.54) is 16.5 Å². The average molecular weight is 333 g/mol. The lowest BCUT2D eigenvalue weighted by atomic mass is 10.1. The molecule has 23 heavy (non-hydrogen) atoms. The molecule has 0 aliphatic carbocycles. The van der Waals surface area contributed by atoms with Gasteiger partial charge >= 0.3 is 0 Å². The van der Waals surface area contributed by atoms with Crippen LogP contribution in [0.15, 0.2) is 30.5 Å². The van der Waals surface area contributed by atoms with Gasteiger partial charge in [0.25, 0.3) is 0 Å². The van der Waals surface area contributed by atoms with Crippen LogP contribution in [0.5, 0.6) is 0 Å². The third-order valence-corrected chi connectivity index (χ3v) is 7.21. The number of nitrogens with zero attached hydrogens (tertiary/aromatic N) is 2. The minimum absolute atomic E-state index is 0.267. The van der Waals surface area contributed by atoms with Gasteiger partial charge in [-0.3, -0.25) is 0 Å². The Kier molecular flexibility index (Phi) is 4.74. The molecule has 0 aliphatic heterocycles. The van der Waals surface area contributed by atoms with Crippen molar-refractivity contribution in [1.29, 1.82) is 0 Å². The lowest BCUT2D eigenvalue weighted by Gasteiger charge is -2.42. The van der Waals surface area contributed by atoms with Crippen LogP contribution in [-0.2, 0) is 6.54 Å². The van der Waals surface area contributed by atoms with Crippen LogP contribution in [0.2, 0.25) is 0 Å². The number of benzene rings is 1. The van der Waals surface area contributed by atoms with Crippen molar-refractivity contribution in [3.63, 3.8) is 0 Å². The summed E-state index contributed by atoms with van der Waals surface area (Å²) in [5.74, 6) is 0. The van der Waals surface area contributed by atoms with Crippen LogP contribution in [0.25, 0.3) is 10.9 Å². The Morgan fingerprint density at radius 1 is 0.913 bits per heavy atom. The van der Waals surface area contributed by atoms with Crippen LogP contribution in [0.4, 0.5) is 0 Å². The topological polar surface area (TPSA) is 4.93 Å². The van der Waals surface area contributed by atoms with Gasteiger partial charge in [-0.25, -0.2) is 0 Å². The van der Waals surface area contributed by atoms with Gasteiger partial charge in [0.2, 0.25) is 0 Å². The normalized spacial score (nSPS) is 14.0. The molecule has 0 saturated heterocycles. The van der Waals surface area contributed by atoms with E-state index >= 15 is 0 Å². The maximum atomic E-state index is 2.61. The Bertz CT molecular complexity index is 664. The Hall–Kier alpha value is -0.850. The quantitative estimate of drug-likeness (QED) is 0.502. The molecule has 1 heterocycles. The van der Waals surface area contributed by atoms with Crippen molar-refractivity contribution in [2.24, 2.45) is 0 Å². The number of fused-ring (bicyclic) bond motifs is 1. The van der Waals surface area contributed by atoms with Crippen LogP contribution in [0, 0.1) is 0 Å². The first-order valence-corrected chi connectivity index (χ1v) is 9.80. The largest absolute Gasteiger partial charge is 0.327 e. The molecule has 2 rings (SSSR count). The highest BCUT2D eigenvalue weighted by molar-refractivity contribution is 7.59. The van der Waals surface area contributed by atoms with Crippen molar-refractivity contribution < 1.29 is 4.48 Å². The fourth-order valence-corrected chi connectivity index (χ4v) is 7.64. The molecule has 0 N–H and O–H groups in total. The summed E-state index contributed by atoms with van der Waals surface area (Å²) in [5.41, 5.74) is 2.86. The van der Waals surface area contributed by atoms with Crippen LogP contribution in [-0.4, -0.2) is 40.3 Å². The molecule has 0 spiro atoms. The molecule has 128 valence electrons. The predicted octanol–water partition coefficient (Wildman–Crippen LogP) is 5.69. The number of aromatic nitrogens is 1. The summed E-state index contributed by atoms with van der Waals surface area (Å²) in [6.45, 7) is 15.4. The van der Waals surface area contributed by atoms with Crippen LogP contribution in [0.1, 0.15) is 47.1 Å². The molecule has 1 aromatic heterocycles. The highest BCUT2D eigenvalue weighted by Gasteiger charge is 2.37. The van der Waals surface area contributed by atoms with E-state index in [9.17, 15) is 0 Å². The van der Waals surface area contributed by atoms with Crippen molar-refractivity contribution in [3.8, 4) is 0 Å². The van der Waals surface area contributed by atoms with Gasteiger partial charge in [-0.2, -0.15) is 0 Å². The molecule has 0 aliphatic rings. The molecule has 0 bridgehead atoms. The van der Waals surface area contributed by atoms with Crippen LogP contribution in [0.3, 0.4) is 0 Å². The zero-order valence-corrected chi connectivity index (χ0v) is 17.3. The Morgan fingerprint density at radius 3 is 1.91 bits per heavy atom. The van der Waals surface area contributed by atoms with Gasteiger partial charge in [-0.15, -0.1) is 0 Å². The molecule has 3 heteroatoms. The number of rotatable bonds is 3. The van der Waals surface area contributed by atoms with E-state index in [0.29, 0.717) is 0 Å². The lowest BCUT2D eigenvalue weighted by molar-refractivity contribution is -0.883. The summed E-state index contributed by atoms with van der Waals surface area (Å²) in [6.07, 6.45) is 2.44. The molecule has 2 nitrogen and oxygen atoms in total. The molecule has 0 atom stereocenters. The molecule has 1 aromatic carbocycles. The van der Waals surface area contributed by atoms with E-state index in [-0.39, 0.29) is 18.4 Å². The van der Waals surface area contributed by atoms with Crippen molar-refractivity contribution >= 4 is 19.0 Å². The highest BCUT2D eigenvalue weighted by atomic mass is 31.1. The molecule has 2 aromatic rings. The summed E-state index contributed by atoms with van der Waals surface area (Å²) in [4.78, 5) is 0. The number of quaternary nitrogens is 1. The van der Waals surface area contributed by atoms with Gasteiger partial charge in [0.05, 0.1) is 26.7 Å². The third-order valence-electron chi connectivity index (χ3n) is 3.91. The summed E-state index contributed by atoms with van der Waals surface area (Å²) < 4.78 is 3.56. The molecule has 0 radical (unpaired) electrons. The maximum Gasteiger partial charge on any atom is 0.106 e. The van der Waals surface area contributed by atoms with E-state index in [1.807, 2.05) is 0 Å². The summed E-state index contributed by atoms with van der Waals surface area (Å²) in [6, 6.07) is 8.92. The molecule has 0 amide bonds. The summed E-state index contributed by atoms with van der Waals surface area (Å²) >= 11 is 0. The Morgan fingerprint density at radius 2 is 1.43 bits per heavy atom. The molecule has 0 fully saturated rings. The second kappa shape index (κ2) is 5.90. The standard InChI is InChI=1S/C20H34N2P/c1-19(2,3)23(20(4,5)6)21-14-16(15-22(7,8)9)17-12-10-11-13-18(17)21/h10-14H,15H2,1-9H3/q+1. The van der Waals surface area contributed by atoms with Gasteiger partial charge < -0.3 is 8.82 Å². The van der Waals surface area contributed by atoms with E-state index in [1.54, 1.807) is 0 Å². The number of para-hydroxylation sites is 1. The molecular weight excluding hydrogens is 299 g/mol. The van der Waals surface area contributed by atoms with Crippen LogP contribution >= 0.6 is 8.07 Å². The van der Waals surface area contributed by atoms with E-state index in [2.05, 4.69) is 97.5 Å². The maximum absolute atomic E-state index is 2.61. The van der Waals surface area contributed by atoms with Crippen molar-refractivity contribution in [2.75, 3.05) is 21.1 Å². The van der Waals surface area contributed by atoms with Gasteiger partial charge in [0, 0.05) is 35.5 Å². The summed E-state index contributed by atoms with van der Waals surface area (Å²) in [5, 5.41) is 1.95. The monoisotopic (exact) mass is 333 g/mol. The first kappa shape index (κ1) is 18.5. The first-order chi connectivity index (χ1) is 10.3. The Balaban J connectivity index is 2.69. The van der Waals surface area contributed by atoms with Crippen molar-refractivity contribution in [2.45, 2.75) is 58.4 Å².